The minimum absolute atomic E-state index is 0.191. The van der Waals surface area contributed by atoms with E-state index in [1.165, 1.54) is 25.7 Å². The SMILES string of the molecule is O=C(NCC1CCC(Br)CC1)C1CCOCC1. The van der Waals surface area contributed by atoms with E-state index >= 15 is 0 Å². The van der Waals surface area contributed by atoms with Crippen LogP contribution in [0.25, 0.3) is 0 Å². The lowest BCUT2D eigenvalue weighted by Crippen LogP contribution is -2.37. The molecule has 1 saturated carbocycles. The largest absolute Gasteiger partial charge is 0.381 e. The van der Waals surface area contributed by atoms with Crippen LogP contribution in [0.15, 0.2) is 0 Å². The third-order valence-corrected chi connectivity index (χ3v) is 4.85. The highest BCUT2D eigenvalue weighted by molar-refractivity contribution is 9.09. The predicted octanol–water partition coefficient (Wildman–Crippen LogP) is 2.48. The number of carbonyl (C=O) groups excluding carboxylic acids is 1. The van der Waals surface area contributed by atoms with E-state index in [4.69, 9.17) is 4.74 Å². The predicted molar refractivity (Wildman–Crippen MR) is 71.2 cm³/mol. The molecule has 0 aromatic heterocycles. The van der Waals surface area contributed by atoms with Crippen molar-refractivity contribution in [2.75, 3.05) is 19.8 Å². The van der Waals surface area contributed by atoms with Gasteiger partial charge in [0.15, 0.2) is 0 Å². The first-order valence-corrected chi connectivity index (χ1v) is 7.67. The summed E-state index contributed by atoms with van der Waals surface area (Å²) in [7, 11) is 0. The molecule has 0 bridgehead atoms. The van der Waals surface area contributed by atoms with E-state index in [9.17, 15) is 4.79 Å². The number of halogens is 1. The van der Waals surface area contributed by atoms with Crippen molar-refractivity contribution < 1.29 is 9.53 Å². The molecule has 4 heteroatoms. The number of ether oxygens (including phenoxy) is 1. The maximum atomic E-state index is 11.9. The number of carbonyl (C=O) groups is 1. The van der Waals surface area contributed by atoms with Crippen molar-refractivity contribution in [2.24, 2.45) is 11.8 Å². The lowest BCUT2D eigenvalue weighted by Gasteiger charge is -2.27. The summed E-state index contributed by atoms with van der Waals surface area (Å²) in [5.41, 5.74) is 0. The van der Waals surface area contributed by atoms with Crippen LogP contribution >= 0.6 is 15.9 Å². The number of amides is 1. The van der Waals surface area contributed by atoms with Crippen LogP contribution in [0.5, 0.6) is 0 Å². The summed E-state index contributed by atoms with van der Waals surface area (Å²) in [6.07, 6.45) is 6.75. The summed E-state index contributed by atoms with van der Waals surface area (Å²) < 4.78 is 5.27. The van der Waals surface area contributed by atoms with Gasteiger partial charge in [0.05, 0.1) is 0 Å². The number of hydrogen-bond donors (Lipinski definition) is 1. The van der Waals surface area contributed by atoms with Crippen LogP contribution < -0.4 is 5.32 Å². The van der Waals surface area contributed by atoms with Crippen LogP contribution in [0.2, 0.25) is 0 Å². The summed E-state index contributed by atoms with van der Waals surface area (Å²) in [5, 5.41) is 3.13. The highest BCUT2D eigenvalue weighted by Gasteiger charge is 2.23. The average Bonchev–Trinajstić information content (AvgIpc) is 2.39. The third-order valence-electron chi connectivity index (χ3n) is 3.93. The van der Waals surface area contributed by atoms with Crippen LogP contribution in [0.1, 0.15) is 38.5 Å². The normalized spacial score (nSPS) is 31.1. The minimum Gasteiger partial charge on any atom is -0.381 e. The van der Waals surface area contributed by atoms with Crippen molar-refractivity contribution in [1.82, 2.24) is 5.32 Å². The molecule has 0 aromatic carbocycles. The first-order chi connectivity index (χ1) is 8.25. The van der Waals surface area contributed by atoms with Crippen LogP contribution in [-0.4, -0.2) is 30.5 Å². The Labute approximate surface area is 112 Å². The van der Waals surface area contributed by atoms with Gasteiger partial charge in [0.1, 0.15) is 0 Å². The Hall–Kier alpha value is -0.0900. The van der Waals surface area contributed by atoms with Crippen molar-refractivity contribution in [1.29, 1.82) is 0 Å². The van der Waals surface area contributed by atoms with Gasteiger partial charge in [0, 0.05) is 30.5 Å². The molecule has 2 rings (SSSR count). The van der Waals surface area contributed by atoms with E-state index in [0.717, 1.165) is 32.6 Å². The van der Waals surface area contributed by atoms with Gasteiger partial charge in [0.2, 0.25) is 5.91 Å². The Morgan fingerprint density at radius 3 is 2.41 bits per heavy atom. The second-order valence-corrected chi connectivity index (χ2v) is 6.54. The maximum Gasteiger partial charge on any atom is 0.223 e. The Morgan fingerprint density at radius 1 is 1.12 bits per heavy atom. The van der Waals surface area contributed by atoms with Gasteiger partial charge in [-0.25, -0.2) is 0 Å². The van der Waals surface area contributed by atoms with Crippen LogP contribution in [0.3, 0.4) is 0 Å². The number of hydrogen-bond acceptors (Lipinski definition) is 2. The van der Waals surface area contributed by atoms with E-state index in [0.29, 0.717) is 10.7 Å². The second kappa shape index (κ2) is 6.74. The van der Waals surface area contributed by atoms with Crippen LogP contribution in [0.4, 0.5) is 0 Å². The first-order valence-electron chi connectivity index (χ1n) is 6.75. The van der Waals surface area contributed by atoms with Gasteiger partial charge in [-0.3, -0.25) is 4.79 Å². The van der Waals surface area contributed by atoms with Gasteiger partial charge in [-0.15, -0.1) is 0 Å². The monoisotopic (exact) mass is 303 g/mol. The smallest absolute Gasteiger partial charge is 0.223 e. The van der Waals surface area contributed by atoms with E-state index < -0.39 is 0 Å². The molecule has 2 fully saturated rings. The summed E-state index contributed by atoms with van der Waals surface area (Å²) in [6.45, 7) is 2.36. The van der Waals surface area contributed by atoms with Gasteiger partial charge >= 0.3 is 0 Å². The molecule has 98 valence electrons. The van der Waals surface area contributed by atoms with Crippen molar-refractivity contribution >= 4 is 21.8 Å². The molecule has 0 atom stereocenters. The summed E-state index contributed by atoms with van der Waals surface area (Å²) in [4.78, 5) is 12.6. The molecule has 1 aliphatic heterocycles. The van der Waals surface area contributed by atoms with E-state index in [2.05, 4.69) is 21.2 Å². The lowest BCUT2D eigenvalue weighted by molar-refractivity contribution is -0.128. The molecule has 0 radical (unpaired) electrons. The zero-order valence-electron chi connectivity index (χ0n) is 10.3. The molecule has 2 aliphatic rings. The fraction of sp³-hybridized carbons (Fsp3) is 0.923. The van der Waals surface area contributed by atoms with Crippen molar-refractivity contribution in [3.8, 4) is 0 Å². The molecule has 1 N–H and O–H groups in total. The minimum atomic E-state index is 0.191. The Morgan fingerprint density at radius 2 is 1.76 bits per heavy atom. The van der Waals surface area contributed by atoms with Crippen LogP contribution in [0, 0.1) is 11.8 Å². The van der Waals surface area contributed by atoms with Crippen LogP contribution in [-0.2, 0) is 9.53 Å². The highest BCUT2D eigenvalue weighted by atomic mass is 79.9. The lowest BCUT2D eigenvalue weighted by atomic mass is 9.89. The molecular formula is C13H22BrNO2. The maximum absolute atomic E-state index is 11.9. The average molecular weight is 304 g/mol. The molecule has 1 amide bonds. The van der Waals surface area contributed by atoms with E-state index in [-0.39, 0.29) is 11.8 Å². The Balaban J connectivity index is 1.65. The Kier molecular flexibility index (Phi) is 5.29. The van der Waals surface area contributed by atoms with Crippen molar-refractivity contribution in [3.05, 3.63) is 0 Å². The van der Waals surface area contributed by atoms with E-state index in [1.54, 1.807) is 0 Å². The standard InChI is InChI=1S/C13H22BrNO2/c14-12-3-1-10(2-4-12)9-15-13(16)11-5-7-17-8-6-11/h10-12H,1-9H2,(H,15,16). The zero-order chi connectivity index (χ0) is 12.1. The summed E-state index contributed by atoms with van der Waals surface area (Å²) >= 11 is 3.66. The molecule has 0 spiro atoms. The van der Waals surface area contributed by atoms with Gasteiger partial charge in [-0.1, -0.05) is 15.9 Å². The third kappa shape index (κ3) is 4.25. The number of nitrogens with one attached hydrogen (secondary N) is 1. The fourth-order valence-corrected chi connectivity index (χ4v) is 3.20. The van der Waals surface area contributed by atoms with Gasteiger partial charge < -0.3 is 10.1 Å². The van der Waals surface area contributed by atoms with Gasteiger partial charge in [0.25, 0.3) is 0 Å². The van der Waals surface area contributed by atoms with Gasteiger partial charge in [-0.05, 0) is 44.4 Å². The van der Waals surface area contributed by atoms with Crippen molar-refractivity contribution in [3.63, 3.8) is 0 Å². The molecule has 1 saturated heterocycles. The second-order valence-electron chi connectivity index (χ2n) is 5.25. The zero-order valence-corrected chi connectivity index (χ0v) is 11.9. The molecule has 1 heterocycles. The van der Waals surface area contributed by atoms with Gasteiger partial charge in [-0.2, -0.15) is 0 Å². The molecule has 0 unspecified atom stereocenters. The van der Waals surface area contributed by atoms with E-state index in [1.807, 2.05) is 0 Å². The fourth-order valence-electron chi connectivity index (χ4n) is 2.67. The molecular weight excluding hydrogens is 282 g/mol. The molecule has 1 aliphatic carbocycles. The Bertz CT molecular complexity index is 246. The quantitative estimate of drug-likeness (QED) is 0.814. The molecule has 17 heavy (non-hydrogen) atoms. The van der Waals surface area contributed by atoms with Crippen molar-refractivity contribution in [2.45, 2.75) is 43.4 Å². The summed E-state index contributed by atoms with van der Waals surface area (Å²) in [6, 6.07) is 0. The number of rotatable bonds is 3. The number of alkyl halides is 1. The highest BCUT2D eigenvalue weighted by Crippen LogP contribution is 2.28. The molecule has 3 nitrogen and oxygen atoms in total. The molecule has 0 aromatic rings. The first kappa shape index (κ1) is 13.3. The topological polar surface area (TPSA) is 38.3 Å². The summed E-state index contributed by atoms with van der Waals surface area (Å²) in [5.74, 6) is 1.12.